The number of carbonyl (C=O) groups is 2. The normalized spacial score (nSPS) is 28.6. The van der Waals surface area contributed by atoms with Crippen molar-refractivity contribution < 1.29 is 27.2 Å². The minimum Gasteiger partial charge on any atom is -0.459 e. The summed E-state index contributed by atoms with van der Waals surface area (Å²) in [6.07, 6.45) is 1.40. The first-order valence-corrected chi connectivity index (χ1v) is 8.96. The molecule has 8 nitrogen and oxygen atoms in total. The topological polar surface area (TPSA) is 106 Å². The van der Waals surface area contributed by atoms with Gasteiger partial charge in [-0.15, -0.1) is 0 Å². The second-order valence-corrected chi connectivity index (χ2v) is 8.09. The van der Waals surface area contributed by atoms with Crippen LogP contribution < -0.4 is 5.32 Å². The Hall–Kier alpha value is -1.87. The Morgan fingerprint density at radius 3 is 2.87 bits per heavy atom. The molecule has 3 rings (SSSR count). The van der Waals surface area contributed by atoms with Crippen LogP contribution in [0.1, 0.15) is 10.6 Å². The van der Waals surface area contributed by atoms with E-state index in [0.717, 1.165) is 0 Å². The molecule has 2 aliphatic rings. The number of methoxy groups -OCH3 is 1. The van der Waals surface area contributed by atoms with Crippen molar-refractivity contribution in [2.45, 2.75) is 11.3 Å². The summed E-state index contributed by atoms with van der Waals surface area (Å²) < 4.78 is 34.4. The van der Waals surface area contributed by atoms with Crippen LogP contribution in [0, 0.1) is 5.92 Å². The molecular formula is C14H18N2O6S. The molecule has 2 saturated heterocycles. The van der Waals surface area contributed by atoms with Gasteiger partial charge in [-0.05, 0) is 12.1 Å². The number of hydrogen-bond acceptors (Lipinski definition) is 6. The average Bonchev–Trinajstić information content (AvgIpc) is 3.18. The van der Waals surface area contributed by atoms with Gasteiger partial charge in [0.2, 0.25) is 5.91 Å². The minimum absolute atomic E-state index is 0.0967. The maximum atomic E-state index is 12.3. The first kappa shape index (κ1) is 16.0. The second kappa shape index (κ2) is 5.97. The maximum Gasteiger partial charge on any atom is 0.289 e. The Morgan fingerprint density at radius 2 is 2.22 bits per heavy atom. The number of amides is 2. The van der Waals surface area contributed by atoms with E-state index in [2.05, 4.69) is 5.32 Å². The van der Waals surface area contributed by atoms with Gasteiger partial charge in [0.1, 0.15) is 6.61 Å². The van der Waals surface area contributed by atoms with Crippen LogP contribution >= 0.6 is 0 Å². The summed E-state index contributed by atoms with van der Waals surface area (Å²) >= 11 is 0. The number of furan rings is 1. The third-order valence-corrected chi connectivity index (χ3v) is 6.58. The highest BCUT2D eigenvalue weighted by atomic mass is 32.2. The van der Waals surface area contributed by atoms with Crippen LogP contribution in [-0.4, -0.2) is 69.0 Å². The summed E-state index contributed by atoms with van der Waals surface area (Å²) in [6.45, 7) is 0.285. The molecule has 2 amide bonds. The Bertz CT molecular complexity index is 699. The van der Waals surface area contributed by atoms with Crippen LogP contribution in [0.15, 0.2) is 22.8 Å². The fourth-order valence-corrected chi connectivity index (χ4v) is 5.61. The highest BCUT2D eigenvalue weighted by molar-refractivity contribution is 7.92. The molecule has 3 atom stereocenters. The number of nitrogens with one attached hydrogen (secondary N) is 1. The summed E-state index contributed by atoms with van der Waals surface area (Å²) in [6, 6.07) is 2.65. The number of rotatable bonds is 4. The van der Waals surface area contributed by atoms with Crippen LogP contribution in [0.3, 0.4) is 0 Å². The van der Waals surface area contributed by atoms with Gasteiger partial charge in [-0.3, -0.25) is 9.59 Å². The van der Waals surface area contributed by atoms with Crippen molar-refractivity contribution in [1.29, 1.82) is 0 Å². The van der Waals surface area contributed by atoms with E-state index in [1.165, 1.54) is 18.3 Å². The number of likely N-dealkylation sites (tertiary alicyclic amines) is 1. The largest absolute Gasteiger partial charge is 0.459 e. The van der Waals surface area contributed by atoms with E-state index in [1.807, 2.05) is 0 Å². The first-order chi connectivity index (χ1) is 10.9. The highest BCUT2D eigenvalue weighted by Crippen LogP contribution is 2.34. The zero-order valence-electron chi connectivity index (χ0n) is 12.6. The predicted octanol–water partition coefficient (Wildman–Crippen LogP) is -0.720. The third kappa shape index (κ3) is 2.98. The van der Waals surface area contributed by atoms with Gasteiger partial charge in [-0.25, -0.2) is 8.42 Å². The fourth-order valence-electron chi connectivity index (χ4n) is 3.31. The average molecular weight is 342 g/mol. The third-order valence-electron chi connectivity index (χ3n) is 4.34. The Balaban J connectivity index is 1.74. The van der Waals surface area contributed by atoms with E-state index in [9.17, 15) is 18.0 Å². The second-order valence-electron chi connectivity index (χ2n) is 5.83. The molecule has 0 aromatic carbocycles. The molecule has 2 fully saturated rings. The molecular weight excluding hydrogens is 324 g/mol. The molecule has 2 aliphatic heterocycles. The van der Waals surface area contributed by atoms with Gasteiger partial charge < -0.3 is 19.4 Å². The summed E-state index contributed by atoms with van der Waals surface area (Å²) in [5.74, 6) is -0.909. The summed E-state index contributed by atoms with van der Waals surface area (Å²) in [5.41, 5.74) is 0. The van der Waals surface area contributed by atoms with Crippen molar-refractivity contribution in [3.05, 3.63) is 24.2 Å². The van der Waals surface area contributed by atoms with Gasteiger partial charge in [-0.1, -0.05) is 0 Å². The van der Waals surface area contributed by atoms with Gasteiger partial charge in [-0.2, -0.15) is 0 Å². The molecule has 0 saturated carbocycles. The lowest BCUT2D eigenvalue weighted by atomic mass is 10.0. The van der Waals surface area contributed by atoms with E-state index in [0.29, 0.717) is 0 Å². The monoisotopic (exact) mass is 342 g/mol. The van der Waals surface area contributed by atoms with Crippen molar-refractivity contribution in [2.24, 2.45) is 5.92 Å². The molecule has 3 heterocycles. The van der Waals surface area contributed by atoms with Crippen LogP contribution in [0.25, 0.3) is 0 Å². The SMILES string of the molecule is COCC(=O)N[C@@H]1CS(=O)(=O)[C@H]2CN(C(=O)c3ccco3)C[C@@H]12. The van der Waals surface area contributed by atoms with E-state index >= 15 is 0 Å². The van der Waals surface area contributed by atoms with E-state index in [-0.39, 0.29) is 48.9 Å². The van der Waals surface area contributed by atoms with E-state index in [1.54, 1.807) is 12.1 Å². The fraction of sp³-hybridized carbons (Fsp3) is 0.571. The molecule has 1 aromatic rings. The Kier molecular flexibility index (Phi) is 4.15. The quantitative estimate of drug-likeness (QED) is 0.774. The Labute approximate surface area is 133 Å². The van der Waals surface area contributed by atoms with Gasteiger partial charge in [0, 0.05) is 32.2 Å². The summed E-state index contributed by atoms with van der Waals surface area (Å²) in [4.78, 5) is 25.5. The molecule has 0 spiro atoms. The zero-order valence-corrected chi connectivity index (χ0v) is 13.4. The highest BCUT2D eigenvalue weighted by Gasteiger charge is 2.53. The molecule has 23 heavy (non-hydrogen) atoms. The van der Waals surface area contributed by atoms with Crippen molar-refractivity contribution in [3.63, 3.8) is 0 Å². The number of sulfone groups is 1. The van der Waals surface area contributed by atoms with Crippen LogP contribution in [-0.2, 0) is 19.4 Å². The number of nitrogens with zero attached hydrogens (tertiary/aromatic N) is 1. The number of hydrogen-bond donors (Lipinski definition) is 1. The maximum absolute atomic E-state index is 12.3. The van der Waals surface area contributed by atoms with Crippen molar-refractivity contribution >= 4 is 21.7 Å². The molecule has 9 heteroatoms. The van der Waals surface area contributed by atoms with Gasteiger partial charge in [0.15, 0.2) is 15.6 Å². The summed E-state index contributed by atoms with van der Waals surface area (Å²) in [5, 5.41) is 2.05. The van der Waals surface area contributed by atoms with Crippen molar-refractivity contribution in [1.82, 2.24) is 10.2 Å². The molecule has 1 N–H and O–H groups in total. The van der Waals surface area contributed by atoms with Gasteiger partial charge in [0.05, 0.1) is 17.3 Å². The standard InChI is InChI=1S/C14H18N2O6S/c1-21-7-13(17)15-10-8-23(19,20)12-6-16(5-9(10)12)14(18)11-3-2-4-22-11/h2-4,9-10,12H,5-8H2,1H3,(H,15,17)/t9-,10+,12-/m0/s1. The van der Waals surface area contributed by atoms with Crippen molar-refractivity contribution in [2.75, 3.05) is 32.6 Å². The predicted molar refractivity (Wildman–Crippen MR) is 79.5 cm³/mol. The lowest BCUT2D eigenvalue weighted by molar-refractivity contribution is -0.125. The number of carbonyl (C=O) groups excluding carboxylic acids is 2. The molecule has 126 valence electrons. The summed E-state index contributed by atoms with van der Waals surface area (Å²) in [7, 11) is -1.95. The molecule has 1 aromatic heterocycles. The molecule has 0 unspecified atom stereocenters. The van der Waals surface area contributed by atoms with Crippen LogP contribution in [0.2, 0.25) is 0 Å². The first-order valence-electron chi connectivity index (χ1n) is 7.25. The van der Waals surface area contributed by atoms with Gasteiger partial charge >= 0.3 is 0 Å². The lowest BCUT2D eigenvalue weighted by Crippen LogP contribution is -2.43. The van der Waals surface area contributed by atoms with E-state index in [4.69, 9.17) is 9.15 Å². The smallest absolute Gasteiger partial charge is 0.289 e. The molecule has 0 radical (unpaired) electrons. The van der Waals surface area contributed by atoms with Gasteiger partial charge in [0.25, 0.3) is 5.91 Å². The molecule has 0 aliphatic carbocycles. The lowest BCUT2D eigenvalue weighted by Gasteiger charge is -2.20. The van der Waals surface area contributed by atoms with Crippen LogP contribution in [0.4, 0.5) is 0 Å². The van der Waals surface area contributed by atoms with Crippen LogP contribution in [0.5, 0.6) is 0 Å². The number of fused-ring (bicyclic) bond motifs is 1. The molecule has 0 bridgehead atoms. The minimum atomic E-state index is -3.35. The Morgan fingerprint density at radius 1 is 1.43 bits per heavy atom. The number of ether oxygens (including phenoxy) is 1. The van der Waals surface area contributed by atoms with Crippen molar-refractivity contribution in [3.8, 4) is 0 Å². The zero-order chi connectivity index (χ0) is 16.6. The van der Waals surface area contributed by atoms with E-state index < -0.39 is 21.1 Å².